The van der Waals surface area contributed by atoms with E-state index < -0.39 is 70.9 Å². The molecule has 2 aromatic rings. The summed E-state index contributed by atoms with van der Waals surface area (Å²) in [6.07, 6.45) is -3.62. The van der Waals surface area contributed by atoms with Gasteiger partial charge in [-0.1, -0.05) is 56.3 Å². The van der Waals surface area contributed by atoms with E-state index >= 15 is 4.39 Å². The Balaban J connectivity index is 1.61. The number of alkyl halides is 1. The predicted molar refractivity (Wildman–Crippen MR) is 211 cm³/mol. The topological polar surface area (TPSA) is 141 Å². The summed E-state index contributed by atoms with van der Waals surface area (Å²) in [6.45, 7) is 15.4. The van der Waals surface area contributed by atoms with Crippen LogP contribution in [0.3, 0.4) is 0 Å². The number of morpholine rings is 1. The molecule has 1 saturated heterocycles. The summed E-state index contributed by atoms with van der Waals surface area (Å²) in [5, 5.41) is 0. The number of amides is 2. The predicted octanol–water partition coefficient (Wildman–Crippen LogP) is 5.90. The monoisotopic (exact) mass is 797 g/mol. The number of anilines is 1. The second-order valence-corrected chi connectivity index (χ2v) is 16.9. The Morgan fingerprint density at radius 3 is 2.04 bits per heavy atom. The number of esters is 3. The summed E-state index contributed by atoms with van der Waals surface area (Å²) >= 11 is 0. The molecule has 0 N–H and O–H groups in total. The number of ether oxygens (including phenoxy) is 5. The smallest absolute Gasteiger partial charge is 0.411 e. The molecule has 57 heavy (non-hydrogen) atoms. The van der Waals surface area contributed by atoms with Crippen LogP contribution in [0.15, 0.2) is 54.6 Å². The summed E-state index contributed by atoms with van der Waals surface area (Å²) in [6, 6.07) is 15.3. The number of rotatable bonds is 16. The standard InChI is InChI=1S/C43H60FN3O10/c1-28(2)24-33(38(50)55-29(3)37(49)54-27-31-14-12-11-13-15-31)45(9)36(48)34(25-30-16-18-32(19-17-30)47-20-22-53-23-21-47)56-39(51)43(26-35(43)42(7,8)44)46(10)40(52)57-41(4,5)6/h11-19,28-29,33-35H,20-27H2,1-10H3/t29-,33+,34-,35+,43?/m1/s1. The van der Waals surface area contributed by atoms with Gasteiger partial charge in [-0.05, 0) is 83.6 Å². The van der Waals surface area contributed by atoms with Crippen LogP contribution in [0.25, 0.3) is 0 Å². The molecule has 13 nitrogen and oxygen atoms in total. The summed E-state index contributed by atoms with van der Waals surface area (Å²) in [5.74, 6) is -4.35. The van der Waals surface area contributed by atoms with Crippen LogP contribution in [-0.4, -0.2) is 115 Å². The number of likely N-dealkylation sites (N-methyl/N-ethyl adjacent to an activating group) is 2. The molecular formula is C43H60FN3O10. The Bertz CT molecular complexity index is 1700. The lowest BCUT2D eigenvalue weighted by Gasteiger charge is -2.34. The zero-order chi connectivity index (χ0) is 42.3. The van der Waals surface area contributed by atoms with E-state index in [0.29, 0.717) is 18.8 Å². The van der Waals surface area contributed by atoms with Crippen molar-refractivity contribution in [1.82, 2.24) is 9.80 Å². The highest BCUT2D eigenvalue weighted by molar-refractivity contribution is 5.94. The molecule has 1 saturated carbocycles. The van der Waals surface area contributed by atoms with Gasteiger partial charge in [0.05, 0.1) is 13.2 Å². The highest BCUT2D eigenvalue weighted by Crippen LogP contribution is 2.56. The minimum absolute atomic E-state index is 0.0130. The van der Waals surface area contributed by atoms with Gasteiger partial charge >= 0.3 is 24.0 Å². The maximum atomic E-state index is 15.6. The highest BCUT2D eigenvalue weighted by atomic mass is 19.1. The molecular weight excluding hydrogens is 737 g/mol. The zero-order valence-electron chi connectivity index (χ0n) is 35.0. The quantitative estimate of drug-likeness (QED) is 0.148. The fourth-order valence-corrected chi connectivity index (χ4v) is 6.97. The third kappa shape index (κ3) is 11.9. The van der Waals surface area contributed by atoms with Crippen molar-refractivity contribution >= 4 is 35.6 Å². The Morgan fingerprint density at radius 1 is 0.877 bits per heavy atom. The molecule has 0 bridgehead atoms. The number of carbonyl (C=O) groups excluding carboxylic acids is 5. The SMILES string of the molecule is CC(C)C[C@@H](C(=O)O[C@H](C)C(=O)OCc1ccccc1)N(C)C(=O)[C@@H](Cc1ccc(N2CCOCC2)cc1)OC(=O)C1(N(C)C(=O)OC(C)(C)C)C[C@H]1C(C)(C)F. The Hall–Kier alpha value is -4.72. The normalized spacial score (nSPS) is 19.8. The van der Waals surface area contributed by atoms with Gasteiger partial charge in [0.15, 0.2) is 12.2 Å². The van der Waals surface area contributed by atoms with E-state index in [9.17, 15) is 24.0 Å². The van der Waals surface area contributed by atoms with Gasteiger partial charge in [0.1, 0.15) is 29.5 Å². The minimum atomic E-state index is -1.90. The molecule has 14 heteroatoms. The lowest BCUT2D eigenvalue weighted by Crippen LogP contribution is -2.54. The highest BCUT2D eigenvalue weighted by Gasteiger charge is 2.71. The van der Waals surface area contributed by atoms with Crippen molar-refractivity contribution in [3.05, 3.63) is 65.7 Å². The van der Waals surface area contributed by atoms with Crippen molar-refractivity contribution in [2.45, 2.75) is 116 Å². The van der Waals surface area contributed by atoms with E-state index in [0.717, 1.165) is 34.1 Å². The van der Waals surface area contributed by atoms with Crippen LogP contribution in [0.4, 0.5) is 14.9 Å². The second-order valence-electron chi connectivity index (χ2n) is 16.9. The third-order valence-electron chi connectivity index (χ3n) is 10.3. The lowest BCUT2D eigenvalue weighted by atomic mass is 9.99. The van der Waals surface area contributed by atoms with Gasteiger partial charge in [-0.2, -0.15) is 0 Å². The van der Waals surface area contributed by atoms with Gasteiger partial charge in [-0.25, -0.2) is 23.6 Å². The molecule has 1 unspecified atom stereocenters. The number of carbonyl (C=O) groups is 5. The number of benzene rings is 2. The second kappa shape index (κ2) is 18.7. The van der Waals surface area contributed by atoms with Crippen LogP contribution >= 0.6 is 0 Å². The fourth-order valence-electron chi connectivity index (χ4n) is 6.97. The maximum Gasteiger partial charge on any atom is 0.411 e. The third-order valence-corrected chi connectivity index (χ3v) is 10.3. The van der Waals surface area contributed by atoms with Crippen molar-refractivity contribution in [2.24, 2.45) is 11.8 Å². The van der Waals surface area contributed by atoms with Crippen molar-refractivity contribution in [3.8, 4) is 0 Å². The number of halogens is 1. The van der Waals surface area contributed by atoms with Crippen molar-refractivity contribution < 1.29 is 52.0 Å². The summed E-state index contributed by atoms with van der Waals surface area (Å²) in [4.78, 5) is 73.3. The van der Waals surface area contributed by atoms with Crippen LogP contribution in [0.1, 0.15) is 79.4 Å². The van der Waals surface area contributed by atoms with Gasteiger partial charge in [0.25, 0.3) is 5.91 Å². The summed E-state index contributed by atoms with van der Waals surface area (Å²) in [7, 11) is 2.76. The molecule has 0 radical (unpaired) electrons. The van der Waals surface area contributed by atoms with Crippen LogP contribution in [-0.2, 0) is 55.9 Å². The molecule has 2 amide bonds. The first kappa shape index (κ1) is 45.0. The molecule has 1 aliphatic heterocycles. The van der Waals surface area contributed by atoms with E-state index in [-0.39, 0.29) is 31.8 Å². The minimum Gasteiger partial charge on any atom is -0.458 e. The molecule has 1 aliphatic carbocycles. The molecule has 1 heterocycles. The summed E-state index contributed by atoms with van der Waals surface area (Å²) < 4.78 is 43.6. The van der Waals surface area contributed by atoms with Crippen LogP contribution in [0, 0.1) is 11.8 Å². The van der Waals surface area contributed by atoms with E-state index in [4.69, 9.17) is 23.7 Å². The van der Waals surface area contributed by atoms with Crippen LogP contribution in [0.5, 0.6) is 0 Å². The molecule has 2 aromatic carbocycles. The van der Waals surface area contributed by atoms with Crippen LogP contribution in [0.2, 0.25) is 0 Å². The average molecular weight is 798 g/mol. The molecule has 2 fully saturated rings. The van der Waals surface area contributed by atoms with Crippen molar-refractivity contribution in [1.29, 1.82) is 0 Å². The van der Waals surface area contributed by atoms with Gasteiger partial charge in [-0.15, -0.1) is 0 Å². The first-order valence-corrected chi connectivity index (χ1v) is 19.6. The summed E-state index contributed by atoms with van der Waals surface area (Å²) in [5.41, 5.74) is -2.20. The largest absolute Gasteiger partial charge is 0.458 e. The number of hydrogen-bond donors (Lipinski definition) is 0. The van der Waals surface area contributed by atoms with Gasteiger partial charge < -0.3 is 33.5 Å². The molecule has 314 valence electrons. The van der Waals surface area contributed by atoms with E-state index in [2.05, 4.69) is 4.90 Å². The van der Waals surface area contributed by atoms with Crippen LogP contribution < -0.4 is 4.90 Å². The molecule has 4 rings (SSSR count). The Labute approximate surface area is 336 Å². The van der Waals surface area contributed by atoms with E-state index in [1.54, 1.807) is 32.9 Å². The van der Waals surface area contributed by atoms with Crippen molar-refractivity contribution in [3.63, 3.8) is 0 Å². The number of nitrogens with zero attached hydrogens (tertiary/aromatic N) is 3. The Kier molecular flexibility index (Phi) is 14.8. The molecule has 2 aliphatic rings. The molecule has 5 atom stereocenters. The Morgan fingerprint density at radius 2 is 1.49 bits per heavy atom. The first-order valence-electron chi connectivity index (χ1n) is 19.6. The van der Waals surface area contributed by atoms with Gasteiger partial charge in [-0.3, -0.25) is 9.69 Å². The van der Waals surface area contributed by atoms with E-state index in [1.165, 1.54) is 34.9 Å². The fraction of sp³-hybridized carbons (Fsp3) is 0.605. The maximum absolute atomic E-state index is 15.6. The van der Waals surface area contributed by atoms with Crippen molar-refractivity contribution in [2.75, 3.05) is 45.3 Å². The molecule has 0 aromatic heterocycles. The number of hydrogen-bond acceptors (Lipinski definition) is 11. The van der Waals surface area contributed by atoms with E-state index in [1.807, 2.05) is 56.3 Å². The molecule has 0 spiro atoms. The lowest BCUT2D eigenvalue weighted by molar-refractivity contribution is -0.174. The average Bonchev–Trinajstić information content (AvgIpc) is 3.93. The van der Waals surface area contributed by atoms with Gasteiger partial charge in [0.2, 0.25) is 0 Å². The zero-order valence-corrected chi connectivity index (χ0v) is 35.0. The first-order chi connectivity index (χ1) is 26.6. The van der Waals surface area contributed by atoms with Gasteiger partial charge in [0, 0.05) is 45.2 Å².